The van der Waals surface area contributed by atoms with Crippen molar-refractivity contribution in [1.29, 1.82) is 5.26 Å². The highest BCUT2D eigenvalue weighted by molar-refractivity contribution is 6.00. The summed E-state index contributed by atoms with van der Waals surface area (Å²) in [6.07, 6.45) is 0.981. The van der Waals surface area contributed by atoms with Gasteiger partial charge in [0.1, 0.15) is 28.9 Å². The fourth-order valence-corrected chi connectivity index (χ4v) is 3.76. The molecule has 1 unspecified atom stereocenters. The van der Waals surface area contributed by atoms with E-state index in [1.165, 1.54) is 0 Å². The second-order valence-electron chi connectivity index (χ2n) is 7.54. The number of benzene rings is 1. The first kappa shape index (κ1) is 18.8. The Bertz CT molecular complexity index is 890. The van der Waals surface area contributed by atoms with Gasteiger partial charge in [0.15, 0.2) is 5.78 Å². The predicted octanol–water partition coefficient (Wildman–Crippen LogP) is 3.54. The van der Waals surface area contributed by atoms with Crippen molar-refractivity contribution in [2.75, 3.05) is 13.7 Å². The lowest BCUT2D eigenvalue weighted by atomic mass is 9.70. The molecule has 142 valence electrons. The lowest BCUT2D eigenvalue weighted by Gasteiger charge is -2.37. The molecule has 6 heteroatoms. The Hall–Kier alpha value is -2.94. The molecule has 2 aliphatic rings. The van der Waals surface area contributed by atoms with Crippen LogP contribution in [0, 0.1) is 16.7 Å². The van der Waals surface area contributed by atoms with Crippen LogP contribution in [0.2, 0.25) is 0 Å². The van der Waals surface area contributed by atoms with Crippen molar-refractivity contribution in [3.63, 3.8) is 0 Å². The van der Waals surface area contributed by atoms with E-state index in [1.807, 2.05) is 26.8 Å². The standard InChI is InChI=1S/C21H24N2O4/c1-5-26-16-8-12(25-4)6-7-13(16)18-14(11-22)20(23)27-17-10-21(2,3)9-15(24)19(17)18/h6-8,18H,5,9-10,23H2,1-4H3. The van der Waals surface area contributed by atoms with Crippen molar-refractivity contribution in [2.45, 2.75) is 39.5 Å². The number of nitriles is 1. The molecule has 1 heterocycles. The number of nitrogens with two attached hydrogens (primary N) is 1. The molecule has 3 rings (SSSR count). The summed E-state index contributed by atoms with van der Waals surface area (Å²) < 4.78 is 16.8. The summed E-state index contributed by atoms with van der Waals surface area (Å²) in [4.78, 5) is 13.0. The minimum absolute atomic E-state index is 0.0234. The van der Waals surface area contributed by atoms with Crippen molar-refractivity contribution in [1.82, 2.24) is 0 Å². The van der Waals surface area contributed by atoms with Crippen LogP contribution in [0.5, 0.6) is 11.5 Å². The van der Waals surface area contributed by atoms with E-state index in [4.69, 9.17) is 19.9 Å². The van der Waals surface area contributed by atoms with Crippen LogP contribution in [0.4, 0.5) is 0 Å². The smallest absolute Gasteiger partial charge is 0.205 e. The second-order valence-corrected chi connectivity index (χ2v) is 7.54. The van der Waals surface area contributed by atoms with Crippen LogP contribution in [-0.4, -0.2) is 19.5 Å². The summed E-state index contributed by atoms with van der Waals surface area (Å²) in [7, 11) is 1.57. The van der Waals surface area contributed by atoms with Crippen LogP contribution in [0.15, 0.2) is 41.0 Å². The summed E-state index contributed by atoms with van der Waals surface area (Å²) in [5, 5.41) is 9.73. The van der Waals surface area contributed by atoms with E-state index in [0.717, 1.165) is 0 Å². The van der Waals surface area contributed by atoms with Gasteiger partial charge in [-0.25, -0.2) is 0 Å². The highest BCUT2D eigenvalue weighted by Crippen LogP contribution is 2.49. The zero-order valence-corrected chi connectivity index (χ0v) is 16.1. The largest absolute Gasteiger partial charge is 0.497 e. The van der Waals surface area contributed by atoms with Crippen LogP contribution in [0.25, 0.3) is 0 Å². The van der Waals surface area contributed by atoms with Crippen molar-refractivity contribution in [2.24, 2.45) is 11.1 Å². The van der Waals surface area contributed by atoms with E-state index in [0.29, 0.717) is 47.8 Å². The van der Waals surface area contributed by atoms with Crippen molar-refractivity contribution in [3.8, 4) is 17.6 Å². The molecule has 0 bridgehead atoms. The molecular weight excluding hydrogens is 344 g/mol. The van der Waals surface area contributed by atoms with Gasteiger partial charge in [0.2, 0.25) is 5.88 Å². The first-order valence-corrected chi connectivity index (χ1v) is 8.96. The third kappa shape index (κ3) is 3.37. The number of hydrogen-bond donors (Lipinski definition) is 1. The molecule has 27 heavy (non-hydrogen) atoms. The number of rotatable bonds is 4. The Labute approximate surface area is 159 Å². The molecule has 1 atom stereocenters. The lowest BCUT2D eigenvalue weighted by molar-refractivity contribution is -0.119. The van der Waals surface area contributed by atoms with E-state index in [-0.39, 0.29) is 22.7 Å². The molecule has 0 amide bonds. The number of methoxy groups -OCH3 is 1. The Balaban J connectivity index is 2.21. The molecule has 0 radical (unpaired) electrons. The van der Waals surface area contributed by atoms with E-state index >= 15 is 0 Å². The number of allylic oxidation sites excluding steroid dienone is 3. The van der Waals surface area contributed by atoms with Gasteiger partial charge in [0.05, 0.1) is 19.6 Å². The molecule has 0 saturated carbocycles. The third-order valence-corrected chi connectivity index (χ3v) is 4.91. The average molecular weight is 368 g/mol. The van der Waals surface area contributed by atoms with Gasteiger partial charge >= 0.3 is 0 Å². The number of Topliss-reactive ketones (excluding diaryl/α,β-unsaturated/α-hetero) is 1. The number of hydrogen-bond acceptors (Lipinski definition) is 6. The van der Waals surface area contributed by atoms with E-state index in [1.54, 1.807) is 19.2 Å². The summed E-state index contributed by atoms with van der Waals surface area (Å²) >= 11 is 0. The lowest BCUT2D eigenvalue weighted by Crippen LogP contribution is -2.33. The quantitative estimate of drug-likeness (QED) is 0.873. The average Bonchev–Trinajstić information content (AvgIpc) is 2.59. The van der Waals surface area contributed by atoms with Gasteiger partial charge < -0.3 is 19.9 Å². The monoisotopic (exact) mass is 368 g/mol. The van der Waals surface area contributed by atoms with E-state index in [9.17, 15) is 10.1 Å². The molecular formula is C21H24N2O4. The summed E-state index contributed by atoms with van der Waals surface area (Å²) in [5.74, 6) is 1.17. The van der Waals surface area contributed by atoms with Crippen LogP contribution in [-0.2, 0) is 9.53 Å². The Morgan fingerprint density at radius 2 is 2.11 bits per heavy atom. The van der Waals surface area contributed by atoms with Crippen LogP contribution in [0.1, 0.15) is 45.1 Å². The van der Waals surface area contributed by atoms with Gasteiger partial charge in [-0.1, -0.05) is 19.9 Å². The maximum Gasteiger partial charge on any atom is 0.205 e. The molecule has 0 saturated heterocycles. The Kier molecular flexibility index (Phi) is 4.88. The normalized spacial score (nSPS) is 21.3. The van der Waals surface area contributed by atoms with Gasteiger partial charge in [-0.05, 0) is 18.4 Å². The molecule has 0 aromatic heterocycles. The highest BCUT2D eigenvalue weighted by atomic mass is 16.5. The molecule has 0 spiro atoms. The zero-order valence-electron chi connectivity index (χ0n) is 16.1. The van der Waals surface area contributed by atoms with Crippen molar-refractivity contribution < 1.29 is 19.0 Å². The maximum atomic E-state index is 13.0. The Morgan fingerprint density at radius 1 is 1.37 bits per heavy atom. The first-order chi connectivity index (χ1) is 12.8. The molecule has 6 nitrogen and oxygen atoms in total. The summed E-state index contributed by atoms with van der Waals surface area (Å²) in [6, 6.07) is 7.50. The molecule has 1 aromatic rings. The van der Waals surface area contributed by atoms with E-state index < -0.39 is 5.92 Å². The molecule has 2 N–H and O–H groups in total. The van der Waals surface area contributed by atoms with Crippen LogP contribution >= 0.6 is 0 Å². The third-order valence-electron chi connectivity index (χ3n) is 4.91. The number of carbonyl (C=O) groups excluding carboxylic acids is 1. The Morgan fingerprint density at radius 3 is 2.74 bits per heavy atom. The summed E-state index contributed by atoms with van der Waals surface area (Å²) in [5.41, 5.74) is 7.29. The number of carbonyl (C=O) groups is 1. The molecule has 0 fully saturated rings. The van der Waals surface area contributed by atoms with Gasteiger partial charge in [0, 0.05) is 30.0 Å². The highest BCUT2D eigenvalue weighted by Gasteiger charge is 2.43. The maximum absolute atomic E-state index is 13.0. The van der Waals surface area contributed by atoms with Gasteiger partial charge in [-0.15, -0.1) is 0 Å². The number of nitrogens with zero attached hydrogens (tertiary/aromatic N) is 1. The minimum atomic E-state index is -0.602. The van der Waals surface area contributed by atoms with E-state index in [2.05, 4.69) is 6.07 Å². The fourth-order valence-electron chi connectivity index (χ4n) is 3.76. The zero-order chi connectivity index (χ0) is 19.8. The SMILES string of the molecule is CCOc1cc(OC)ccc1C1C(C#N)=C(N)OC2=C1C(=O)CC(C)(C)C2. The van der Waals surface area contributed by atoms with Gasteiger partial charge in [-0.3, -0.25) is 4.79 Å². The molecule has 1 aromatic carbocycles. The first-order valence-electron chi connectivity index (χ1n) is 8.96. The van der Waals surface area contributed by atoms with Gasteiger partial charge in [-0.2, -0.15) is 5.26 Å². The fraction of sp³-hybridized carbons (Fsp3) is 0.429. The number of ether oxygens (including phenoxy) is 3. The molecule has 1 aliphatic carbocycles. The second kappa shape index (κ2) is 6.99. The topological polar surface area (TPSA) is 94.6 Å². The predicted molar refractivity (Wildman–Crippen MR) is 99.9 cm³/mol. The van der Waals surface area contributed by atoms with Gasteiger partial charge in [0.25, 0.3) is 0 Å². The van der Waals surface area contributed by atoms with Crippen LogP contribution in [0.3, 0.4) is 0 Å². The van der Waals surface area contributed by atoms with Crippen LogP contribution < -0.4 is 15.2 Å². The minimum Gasteiger partial charge on any atom is -0.497 e. The van der Waals surface area contributed by atoms with Crippen molar-refractivity contribution in [3.05, 3.63) is 46.6 Å². The molecule has 1 aliphatic heterocycles. The number of ketones is 1. The van der Waals surface area contributed by atoms with Crippen molar-refractivity contribution >= 4 is 5.78 Å². The summed E-state index contributed by atoms with van der Waals surface area (Å²) in [6.45, 7) is 6.36.